The minimum Gasteiger partial charge on any atom is -0.382 e. The molecule has 0 saturated heterocycles. The van der Waals surface area contributed by atoms with E-state index in [-0.39, 0.29) is 17.4 Å². The molecule has 1 amide bonds. The summed E-state index contributed by atoms with van der Waals surface area (Å²) in [6.07, 6.45) is 0.362. The molecular weight excluding hydrogens is 374 g/mol. The smallest absolute Gasteiger partial charge is 0.309 e. The van der Waals surface area contributed by atoms with Crippen LogP contribution < -0.4 is 9.50 Å². The summed E-state index contributed by atoms with van der Waals surface area (Å²) in [5.74, 6) is -0.307. The number of rotatable bonds is 8. The van der Waals surface area contributed by atoms with Crippen LogP contribution in [-0.2, 0) is 23.1 Å². The third-order valence-electron chi connectivity index (χ3n) is 4.10. The summed E-state index contributed by atoms with van der Waals surface area (Å²) in [4.78, 5) is 12.3. The van der Waals surface area contributed by atoms with Gasteiger partial charge in [0.2, 0.25) is 0 Å². The molecule has 3 aromatic rings. The Morgan fingerprint density at radius 2 is 1.46 bits per heavy atom. The van der Waals surface area contributed by atoms with Crippen molar-refractivity contribution in [1.29, 1.82) is 0 Å². The average Bonchev–Trinajstić information content (AvgIpc) is 2.72. The Morgan fingerprint density at radius 3 is 2.14 bits per heavy atom. The molecule has 6 heteroatoms. The molecule has 0 spiro atoms. The zero-order chi connectivity index (χ0) is 19.8. The van der Waals surface area contributed by atoms with Crippen molar-refractivity contribution in [2.75, 3.05) is 5.75 Å². The number of carbonyl (C=O) groups is 1. The van der Waals surface area contributed by atoms with Gasteiger partial charge in [0.05, 0.1) is 5.75 Å². The summed E-state index contributed by atoms with van der Waals surface area (Å²) >= 11 is 0. The Hall–Kier alpha value is -3.12. The monoisotopic (exact) mass is 395 g/mol. The number of benzene rings is 3. The molecule has 0 aliphatic carbocycles. The van der Waals surface area contributed by atoms with E-state index >= 15 is 0 Å². The first-order valence-corrected chi connectivity index (χ1v) is 10.5. The molecule has 0 bridgehead atoms. The van der Waals surface area contributed by atoms with E-state index in [0.29, 0.717) is 18.5 Å². The first kappa shape index (κ1) is 19.6. The van der Waals surface area contributed by atoms with Gasteiger partial charge in [-0.15, -0.1) is 0 Å². The van der Waals surface area contributed by atoms with Gasteiger partial charge in [0.25, 0.3) is 5.91 Å². The third-order valence-corrected chi connectivity index (χ3v) is 5.25. The summed E-state index contributed by atoms with van der Waals surface area (Å²) in [6.45, 7) is 0.389. The quantitative estimate of drug-likeness (QED) is 0.592. The van der Waals surface area contributed by atoms with Crippen LogP contribution in [0.5, 0.6) is 5.75 Å². The lowest BCUT2D eigenvalue weighted by Gasteiger charge is -2.09. The molecule has 0 aliphatic rings. The molecule has 0 atom stereocenters. The molecule has 5 nitrogen and oxygen atoms in total. The lowest BCUT2D eigenvalue weighted by Crippen LogP contribution is -2.23. The van der Waals surface area contributed by atoms with E-state index in [1.807, 2.05) is 60.7 Å². The highest BCUT2D eigenvalue weighted by Crippen LogP contribution is 2.16. The highest BCUT2D eigenvalue weighted by atomic mass is 32.2. The molecule has 28 heavy (non-hydrogen) atoms. The molecule has 3 aromatic carbocycles. The van der Waals surface area contributed by atoms with Gasteiger partial charge in [-0.25, -0.2) is 0 Å². The van der Waals surface area contributed by atoms with Crippen molar-refractivity contribution >= 4 is 16.0 Å². The first-order chi connectivity index (χ1) is 13.5. The van der Waals surface area contributed by atoms with Crippen LogP contribution in [-0.4, -0.2) is 20.1 Å². The van der Waals surface area contributed by atoms with Crippen LogP contribution in [0.15, 0.2) is 84.9 Å². The van der Waals surface area contributed by atoms with Gasteiger partial charge in [0.1, 0.15) is 5.75 Å². The van der Waals surface area contributed by atoms with E-state index in [1.54, 1.807) is 12.1 Å². The van der Waals surface area contributed by atoms with E-state index in [0.717, 1.165) is 11.1 Å². The maximum Gasteiger partial charge on any atom is 0.309 e. The second-order valence-corrected chi connectivity index (χ2v) is 7.97. The van der Waals surface area contributed by atoms with Gasteiger partial charge in [-0.1, -0.05) is 66.7 Å². The minimum absolute atomic E-state index is 0.125. The Balaban J connectivity index is 1.59. The molecule has 0 aromatic heterocycles. The van der Waals surface area contributed by atoms with Crippen LogP contribution in [0.1, 0.15) is 21.5 Å². The van der Waals surface area contributed by atoms with Gasteiger partial charge in [-0.3, -0.25) is 4.79 Å². The van der Waals surface area contributed by atoms with Gasteiger partial charge in [-0.05, 0) is 35.7 Å². The fraction of sp³-hybridized carbons (Fsp3) is 0.136. The SMILES string of the molecule is O=C(NCc1ccccc1)c1cccc(OS(=O)(=O)CCc2ccccc2)c1. The van der Waals surface area contributed by atoms with Gasteiger partial charge >= 0.3 is 10.1 Å². The van der Waals surface area contributed by atoms with E-state index in [1.165, 1.54) is 12.1 Å². The number of hydrogen-bond donors (Lipinski definition) is 1. The molecule has 144 valence electrons. The second-order valence-electron chi connectivity index (χ2n) is 6.28. The van der Waals surface area contributed by atoms with E-state index in [2.05, 4.69) is 5.32 Å². The average molecular weight is 395 g/mol. The molecule has 0 saturated carbocycles. The zero-order valence-electron chi connectivity index (χ0n) is 15.2. The van der Waals surface area contributed by atoms with E-state index in [9.17, 15) is 13.2 Å². The Morgan fingerprint density at radius 1 is 0.821 bits per heavy atom. The number of carbonyl (C=O) groups excluding carboxylic acids is 1. The molecule has 3 rings (SSSR count). The number of aryl methyl sites for hydroxylation is 1. The summed E-state index contributed by atoms with van der Waals surface area (Å²) in [5.41, 5.74) is 2.24. The molecule has 0 aliphatic heterocycles. The van der Waals surface area contributed by atoms with Crippen molar-refractivity contribution in [2.24, 2.45) is 0 Å². The standard InChI is InChI=1S/C22H21NO4S/c24-22(23-17-19-10-5-2-6-11-19)20-12-7-13-21(16-20)27-28(25,26)15-14-18-8-3-1-4-9-18/h1-13,16H,14-15,17H2,(H,23,24). The first-order valence-electron chi connectivity index (χ1n) is 8.90. The summed E-state index contributed by atoms with van der Waals surface area (Å²) in [5, 5.41) is 2.81. The van der Waals surface area contributed by atoms with Gasteiger partial charge in [0.15, 0.2) is 0 Å². The second kappa shape index (κ2) is 9.19. The number of amides is 1. The lowest BCUT2D eigenvalue weighted by atomic mass is 10.2. The molecule has 0 radical (unpaired) electrons. The molecular formula is C22H21NO4S. The highest BCUT2D eigenvalue weighted by Gasteiger charge is 2.14. The Bertz CT molecular complexity index is 1020. The lowest BCUT2D eigenvalue weighted by molar-refractivity contribution is 0.0950. The van der Waals surface area contributed by atoms with Crippen molar-refractivity contribution in [2.45, 2.75) is 13.0 Å². The third kappa shape index (κ3) is 5.96. The minimum atomic E-state index is -3.76. The van der Waals surface area contributed by atoms with Gasteiger partial charge in [-0.2, -0.15) is 8.42 Å². The Kier molecular flexibility index (Phi) is 6.45. The van der Waals surface area contributed by atoms with Crippen molar-refractivity contribution < 1.29 is 17.4 Å². The zero-order valence-corrected chi connectivity index (χ0v) is 16.1. The topological polar surface area (TPSA) is 72.5 Å². The maximum atomic E-state index is 12.3. The van der Waals surface area contributed by atoms with Crippen molar-refractivity contribution in [3.63, 3.8) is 0 Å². The normalized spacial score (nSPS) is 11.0. The van der Waals surface area contributed by atoms with Crippen LogP contribution in [0.4, 0.5) is 0 Å². The predicted octanol–water partition coefficient (Wildman–Crippen LogP) is 3.57. The van der Waals surface area contributed by atoms with Crippen LogP contribution in [0, 0.1) is 0 Å². The number of nitrogens with one attached hydrogen (secondary N) is 1. The van der Waals surface area contributed by atoms with Crippen molar-refractivity contribution in [3.8, 4) is 5.75 Å². The van der Waals surface area contributed by atoms with Crippen molar-refractivity contribution in [3.05, 3.63) is 102 Å². The fourth-order valence-corrected chi connectivity index (χ4v) is 3.61. The molecule has 0 fully saturated rings. The maximum absolute atomic E-state index is 12.3. The molecule has 1 N–H and O–H groups in total. The van der Waals surface area contributed by atoms with E-state index in [4.69, 9.17) is 4.18 Å². The highest BCUT2D eigenvalue weighted by molar-refractivity contribution is 7.87. The van der Waals surface area contributed by atoms with Crippen molar-refractivity contribution in [1.82, 2.24) is 5.32 Å². The summed E-state index contributed by atoms with van der Waals surface area (Å²) in [7, 11) is -3.76. The van der Waals surface area contributed by atoms with Crippen LogP contribution in [0.3, 0.4) is 0 Å². The Labute approximate surface area is 165 Å². The molecule has 0 heterocycles. The summed E-state index contributed by atoms with van der Waals surface area (Å²) < 4.78 is 29.7. The van der Waals surface area contributed by atoms with Gasteiger partial charge in [0, 0.05) is 12.1 Å². The molecule has 0 unspecified atom stereocenters. The number of hydrogen-bond acceptors (Lipinski definition) is 4. The predicted molar refractivity (Wildman–Crippen MR) is 109 cm³/mol. The largest absolute Gasteiger partial charge is 0.382 e. The van der Waals surface area contributed by atoms with Gasteiger partial charge < -0.3 is 9.50 Å². The van der Waals surface area contributed by atoms with Crippen LogP contribution in [0.25, 0.3) is 0 Å². The van der Waals surface area contributed by atoms with Crippen LogP contribution >= 0.6 is 0 Å². The van der Waals surface area contributed by atoms with E-state index < -0.39 is 10.1 Å². The fourth-order valence-electron chi connectivity index (χ4n) is 2.65. The summed E-state index contributed by atoms with van der Waals surface area (Å²) in [6, 6.07) is 25.0. The van der Waals surface area contributed by atoms with Crippen LogP contribution in [0.2, 0.25) is 0 Å².